The van der Waals surface area contributed by atoms with Crippen LogP contribution in [0.25, 0.3) is 0 Å². The standard InChI is InChI=1S/C11H17BrN2O2/c1-6(2)9-10(15)13-8(4)11(16)14(9)5-7(3)12/h6,8-9H,3,5H2,1-2,4H3,(H,13,15). The van der Waals surface area contributed by atoms with Gasteiger partial charge in [-0.05, 0) is 12.8 Å². The Hall–Kier alpha value is -0.840. The minimum Gasteiger partial charge on any atom is -0.343 e. The van der Waals surface area contributed by atoms with Gasteiger partial charge in [-0.1, -0.05) is 36.4 Å². The van der Waals surface area contributed by atoms with E-state index in [2.05, 4.69) is 27.8 Å². The number of hydrogen-bond donors (Lipinski definition) is 1. The summed E-state index contributed by atoms with van der Waals surface area (Å²) in [5.41, 5.74) is 0. The summed E-state index contributed by atoms with van der Waals surface area (Å²) < 4.78 is 0.702. The van der Waals surface area contributed by atoms with E-state index in [1.54, 1.807) is 11.8 Å². The summed E-state index contributed by atoms with van der Waals surface area (Å²) in [6.45, 7) is 9.64. The molecule has 4 nitrogen and oxygen atoms in total. The molecule has 2 amide bonds. The average molecular weight is 289 g/mol. The summed E-state index contributed by atoms with van der Waals surface area (Å²) in [7, 11) is 0. The average Bonchev–Trinajstić information content (AvgIpc) is 2.12. The summed E-state index contributed by atoms with van der Waals surface area (Å²) in [6, 6.07) is -0.854. The highest BCUT2D eigenvalue weighted by molar-refractivity contribution is 9.11. The van der Waals surface area contributed by atoms with E-state index in [1.807, 2.05) is 13.8 Å². The van der Waals surface area contributed by atoms with E-state index < -0.39 is 12.1 Å². The van der Waals surface area contributed by atoms with Crippen LogP contribution in [-0.2, 0) is 9.59 Å². The fourth-order valence-corrected chi connectivity index (χ4v) is 2.18. The van der Waals surface area contributed by atoms with Crippen molar-refractivity contribution in [2.75, 3.05) is 6.54 Å². The maximum atomic E-state index is 12.0. The molecule has 1 heterocycles. The molecule has 0 spiro atoms. The van der Waals surface area contributed by atoms with Crippen LogP contribution in [-0.4, -0.2) is 35.3 Å². The van der Waals surface area contributed by atoms with Crippen LogP contribution < -0.4 is 5.32 Å². The van der Waals surface area contributed by atoms with Gasteiger partial charge in [0.1, 0.15) is 12.1 Å². The summed E-state index contributed by atoms with van der Waals surface area (Å²) in [6.07, 6.45) is 0. The van der Waals surface area contributed by atoms with Crippen molar-refractivity contribution < 1.29 is 9.59 Å². The molecule has 2 unspecified atom stereocenters. The third-order valence-electron chi connectivity index (χ3n) is 2.59. The molecule has 0 bridgehead atoms. The van der Waals surface area contributed by atoms with Crippen LogP contribution in [0.2, 0.25) is 0 Å². The van der Waals surface area contributed by atoms with Gasteiger partial charge >= 0.3 is 0 Å². The number of piperazine rings is 1. The summed E-state index contributed by atoms with van der Waals surface area (Å²) in [4.78, 5) is 25.4. The number of rotatable bonds is 3. The van der Waals surface area contributed by atoms with Crippen LogP contribution in [0.5, 0.6) is 0 Å². The van der Waals surface area contributed by atoms with E-state index in [1.165, 1.54) is 0 Å². The fourth-order valence-electron chi connectivity index (χ4n) is 1.91. The molecule has 90 valence electrons. The monoisotopic (exact) mass is 288 g/mol. The molecule has 0 radical (unpaired) electrons. The van der Waals surface area contributed by atoms with E-state index >= 15 is 0 Å². The van der Waals surface area contributed by atoms with Crippen LogP contribution in [0.15, 0.2) is 11.1 Å². The molecule has 1 aliphatic heterocycles. The van der Waals surface area contributed by atoms with Gasteiger partial charge in [-0.25, -0.2) is 0 Å². The second kappa shape index (κ2) is 4.99. The van der Waals surface area contributed by atoms with Crippen LogP contribution in [0.3, 0.4) is 0 Å². The predicted octanol–water partition coefficient (Wildman–Crippen LogP) is 1.27. The zero-order valence-electron chi connectivity index (χ0n) is 9.79. The van der Waals surface area contributed by atoms with E-state index in [0.717, 1.165) is 0 Å². The van der Waals surface area contributed by atoms with Gasteiger partial charge in [0.25, 0.3) is 0 Å². The maximum absolute atomic E-state index is 12.0. The molecule has 2 atom stereocenters. The van der Waals surface area contributed by atoms with Gasteiger partial charge in [-0.2, -0.15) is 0 Å². The molecule has 1 fully saturated rings. The largest absolute Gasteiger partial charge is 0.343 e. The van der Waals surface area contributed by atoms with Crippen molar-refractivity contribution in [3.63, 3.8) is 0 Å². The predicted molar refractivity (Wildman–Crippen MR) is 66.0 cm³/mol. The molecule has 0 aromatic heterocycles. The molecule has 5 heteroatoms. The number of nitrogens with one attached hydrogen (secondary N) is 1. The zero-order valence-corrected chi connectivity index (χ0v) is 11.4. The lowest BCUT2D eigenvalue weighted by atomic mass is 9.97. The normalized spacial score (nSPS) is 25.9. The smallest absolute Gasteiger partial charge is 0.245 e. The summed E-state index contributed by atoms with van der Waals surface area (Å²) in [5.74, 6) is -0.0574. The summed E-state index contributed by atoms with van der Waals surface area (Å²) >= 11 is 3.23. The lowest BCUT2D eigenvalue weighted by molar-refractivity contribution is -0.149. The minimum absolute atomic E-state index is 0.0566. The van der Waals surface area contributed by atoms with E-state index in [4.69, 9.17) is 0 Å². The Morgan fingerprint density at radius 2 is 2.12 bits per heavy atom. The first-order chi connectivity index (χ1) is 7.34. The highest BCUT2D eigenvalue weighted by atomic mass is 79.9. The first kappa shape index (κ1) is 13.2. The number of amides is 2. The second-order valence-corrected chi connectivity index (χ2v) is 5.52. The van der Waals surface area contributed by atoms with Crippen molar-refractivity contribution in [1.82, 2.24) is 10.2 Å². The number of carbonyl (C=O) groups is 2. The third kappa shape index (κ3) is 2.64. The molecule has 0 saturated carbocycles. The minimum atomic E-state index is -0.450. The van der Waals surface area contributed by atoms with Crippen LogP contribution in [0, 0.1) is 5.92 Å². The molecule has 0 aliphatic carbocycles. The molecule has 1 N–H and O–H groups in total. The SMILES string of the molecule is C=C(Br)CN1C(=O)C(C)NC(=O)C1C(C)C. The molecular formula is C11H17BrN2O2. The first-order valence-electron chi connectivity index (χ1n) is 5.28. The van der Waals surface area contributed by atoms with Gasteiger partial charge in [0, 0.05) is 4.48 Å². The van der Waals surface area contributed by atoms with E-state index in [-0.39, 0.29) is 17.7 Å². The molecule has 0 aromatic carbocycles. The Labute approximate surface area is 104 Å². The number of hydrogen-bond acceptors (Lipinski definition) is 2. The van der Waals surface area contributed by atoms with Gasteiger partial charge in [0.15, 0.2) is 0 Å². The molecule has 1 rings (SSSR count). The molecule has 1 aliphatic rings. The van der Waals surface area contributed by atoms with Crippen molar-refractivity contribution in [2.24, 2.45) is 5.92 Å². The summed E-state index contributed by atoms with van der Waals surface area (Å²) in [5, 5.41) is 2.69. The van der Waals surface area contributed by atoms with Crippen LogP contribution >= 0.6 is 15.9 Å². The van der Waals surface area contributed by atoms with Crippen molar-refractivity contribution in [2.45, 2.75) is 32.9 Å². The van der Waals surface area contributed by atoms with E-state index in [9.17, 15) is 9.59 Å². The van der Waals surface area contributed by atoms with E-state index in [0.29, 0.717) is 11.0 Å². The molecule has 1 saturated heterocycles. The Morgan fingerprint density at radius 3 is 2.56 bits per heavy atom. The molecular weight excluding hydrogens is 272 g/mol. The maximum Gasteiger partial charge on any atom is 0.245 e. The van der Waals surface area contributed by atoms with Gasteiger partial charge in [-0.3, -0.25) is 9.59 Å². The Morgan fingerprint density at radius 1 is 1.56 bits per heavy atom. The lowest BCUT2D eigenvalue weighted by Gasteiger charge is -2.39. The highest BCUT2D eigenvalue weighted by Crippen LogP contribution is 2.19. The first-order valence-corrected chi connectivity index (χ1v) is 6.08. The van der Waals surface area contributed by atoms with Crippen LogP contribution in [0.1, 0.15) is 20.8 Å². The fraction of sp³-hybridized carbons (Fsp3) is 0.636. The highest BCUT2D eigenvalue weighted by Gasteiger charge is 2.39. The third-order valence-corrected chi connectivity index (χ3v) is 2.84. The quantitative estimate of drug-likeness (QED) is 0.850. The van der Waals surface area contributed by atoms with Gasteiger partial charge in [-0.15, -0.1) is 0 Å². The van der Waals surface area contributed by atoms with Gasteiger partial charge in [0.2, 0.25) is 11.8 Å². The van der Waals surface area contributed by atoms with Crippen molar-refractivity contribution in [3.05, 3.63) is 11.1 Å². The van der Waals surface area contributed by atoms with Crippen molar-refractivity contribution >= 4 is 27.7 Å². The topological polar surface area (TPSA) is 49.4 Å². The van der Waals surface area contributed by atoms with Crippen molar-refractivity contribution in [3.8, 4) is 0 Å². The number of carbonyl (C=O) groups excluding carboxylic acids is 2. The van der Waals surface area contributed by atoms with Gasteiger partial charge < -0.3 is 10.2 Å². The number of nitrogens with zero attached hydrogens (tertiary/aromatic N) is 1. The Balaban J connectivity index is 2.97. The molecule has 0 aromatic rings. The number of halogens is 1. The van der Waals surface area contributed by atoms with Gasteiger partial charge in [0.05, 0.1) is 6.54 Å². The molecule has 16 heavy (non-hydrogen) atoms. The second-order valence-electron chi connectivity index (χ2n) is 4.40. The van der Waals surface area contributed by atoms with Crippen molar-refractivity contribution in [1.29, 1.82) is 0 Å². The Kier molecular flexibility index (Phi) is 4.13. The lowest BCUT2D eigenvalue weighted by Crippen LogP contribution is -2.64. The Bertz CT molecular complexity index is 328. The zero-order chi connectivity index (χ0) is 12.5. The van der Waals surface area contributed by atoms with Crippen LogP contribution in [0.4, 0.5) is 0 Å².